The minimum atomic E-state index is -0.199. The van der Waals surface area contributed by atoms with Crippen molar-refractivity contribution in [3.05, 3.63) is 39.4 Å². The van der Waals surface area contributed by atoms with Crippen LogP contribution >= 0.6 is 11.6 Å². The van der Waals surface area contributed by atoms with E-state index in [1.807, 2.05) is 0 Å². The van der Waals surface area contributed by atoms with Gasteiger partial charge in [0.15, 0.2) is 0 Å². The average Bonchev–Trinajstić information content (AvgIpc) is 2.38. The van der Waals surface area contributed by atoms with Gasteiger partial charge < -0.3 is 9.72 Å². The molecule has 0 aliphatic carbocycles. The summed E-state index contributed by atoms with van der Waals surface area (Å²) in [5.41, 5.74) is 3.06. The number of rotatable bonds is 6. The SMILES string of the molecule is COCCONCc1nc2cc(Cl)ccc2c(=O)[nH]1. The van der Waals surface area contributed by atoms with Crippen LogP contribution in [0.15, 0.2) is 23.0 Å². The quantitative estimate of drug-likeness (QED) is 0.616. The molecule has 0 bridgehead atoms. The van der Waals surface area contributed by atoms with Crippen LogP contribution in [0.25, 0.3) is 10.9 Å². The molecule has 2 N–H and O–H groups in total. The molecule has 102 valence electrons. The van der Waals surface area contributed by atoms with Crippen LogP contribution in [0.5, 0.6) is 0 Å². The van der Waals surface area contributed by atoms with Gasteiger partial charge in [-0.25, -0.2) is 4.98 Å². The molecule has 0 radical (unpaired) electrons. The number of nitrogens with one attached hydrogen (secondary N) is 2. The molecule has 0 atom stereocenters. The normalized spacial score (nSPS) is 11.1. The summed E-state index contributed by atoms with van der Waals surface area (Å²) in [5, 5.41) is 1.05. The number of H-pyrrole nitrogens is 1. The predicted octanol–water partition coefficient (Wildman–Crippen LogP) is 1.24. The molecule has 0 saturated carbocycles. The molecule has 0 spiro atoms. The monoisotopic (exact) mass is 283 g/mol. The van der Waals surface area contributed by atoms with E-state index in [0.717, 1.165) is 0 Å². The zero-order valence-electron chi connectivity index (χ0n) is 10.4. The molecule has 19 heavy (non-hydrogen) atoms. The number of halogens is 1. The van der Waals surface area contributed by atoms with Crippen molar-refractivity contribution in [2.75, 3.05) is 20.3 Å². The van der Waals surface area contributed by atoms with Crippen LogP contribution in [0.2, 0.25) is 5.02 Å². The molecule has 0 fully saturated rings. The van der Waals surface area contributed by atoms with Crippen LogP contribution in [-0.2, 0) is 16.1 Å². The molecule has 1 aromatic carbocycles. The van der Waals surface area contributed by atoms with Crippen LogP contribution in [0, 0.1) is 0 Å². The Hall–Kier alpha value is -1.47. The first kappa shape index (κ1) is 14.0. The second-order valence-electron chi connectivity index (χ2n) is 3.84. The van der Waals surface area contributed by atoms with Crippen LogP contribution in [-0.4, -0.2) is 30.3 Å². The third-order valence-electron chi connectivity index (χ3n) is 2.45. The van der Waals surface area contributed by atoms with Gasteiger partial charge in [-0.1, -0.05) is 11.6 Å². The Labute approximate surface area is 114 Å². The van der Waals surface area contributed by atoms with Crippen molar-refractivity contribution < 1.29 is 9.57 Å². The van der Waals surface area contributed by atoms with E-state index in [0.29, 0.717) is 41.5 Å². The third kappa shape index (κ3) is 3.74. The first-order valence-corrected chi connectivity index (χ1v) is 6.10. The maximum absolute atomic E-state index is 11.8. The number of methoxy groups -OCH3 is 1. The van der Waals surface area contributed by atoms with Gasteiger partial charge in [0.25, 0.3) is 5.56 Å². The van der Waals surface area contributed by atoms with Gasteiger partial charge in [0, 0.05) is 12.1 Å². The Morgan fingerprint density at radius 2 is 2.26 bits per heavy atom. The number of nitrogens with zero attached hydrogens (tertiary/aromatic N) is 1. The summed E-state index contributed by atoms with van der Waals surface area (Å²) in [4.78, 5) is 23.9. The second kappa shape index (κ2) is 6.63. The van der Waals surface area contributed by atoms with Crippen LogP contribution in [0.4, 0.5) is 0 Å². The Morgan fingerprint density at radius 1 is 1.42 bits per heavy atom. The lowest BCUT2D eigenvalue weighted by molar-refractivity contribution is 0.00248. The highest BCUT2D eigenvalue weighted by atomic mass is 35.5. The molecule has 2 aromatic rings. The Morgan fingerprint density at radius 3 is 3.05 bits per heavy atom. The Kier molecular flexibility index (Phi) is 4.86. The largest absolute Gasteiger partial charge is 0.382 e. The molecule has 0 amide bonds. The molecular weight excluding hydrogens is 270 g/mol. The maximum Gasteiger partial charge on any atom is 0.258 e. The molecule has 0 aliphatic rings. The highest BCUT2D eigenvalue weighted by Crippen LogP contribution is 2.14. The first-order valence-electron chi connectivity index (χ1n) is 5.73. The van der Waals surface area contributed by atoms with Crippen LogP contribution in [0.3, 0.4) is 0 Å². The standard InChI is InChI=1S/C12H14ClN3O3/c1-18-4-5-19-14-7-11-15-10-6-8(13)2-3-9(10)12(17)16-11/h2-3,6,14H,4-5,7H2,1H3,(H,15,16,17). The average molecular weight is 284 g/mol. The predicted molar refractivity (Wildman–Crippen MR) is 72.0 cm³/mol. The highest BCUT2D eigenvalue weighted by Gasteiger charge is 2.04. The van der Waals surface area contributed by atoms with E-state index in [-0.39, 0.29) is 5.56 Å². The molecule has 0 aliphatic heterocycles. The smallest absolute Gasteiger partial charge is 0.258 e. The van der Waals surface area contributed by atoms with Crippen molar-refractivity contribution in [1.29, 1.82) is 0 Å². The first-order chi connectivity index (χ1) is 9.20. The maximum atomic E-state index is 11.8. The highest BCUT2D eigenvalue weighted by molar-refractivity contribution is 6.31. The fraction of sp³-hybridized carbons (Fsp3) is 0.333. The van der Waals surface area contributed by atoms with Crippen molar-refractivity contribution >= 4 is 22.5 Å². The van der Waals surface area contributed by atoms with E-state index in [1.54, 1.807) is 25.3 Å². The number of hydroxylamine groups is 1. The minimum Gasteiger partial charge on any atom is -0.382 e. The van der Waals surface area contributed by atoms with Crippen LogP contribution in [0.1, 0.15) is 5.82 Å². The van der Waals surface area contributed by atoms with Gasteiger partial charge in [-0.05, 0) is 18.2 Å². The van der Waals surface area contributed by atoms with Gasteiger partial charge in [-0.2, -0.15) is 5.48 Å². The number of hydrogen-bond acceptors (Lipinski definition) is 5. The number of aromatic nitrogens is 2. The molecule has 0 saturated heterocycles. The molecule has 7 heteroatoms. The van der Waals surface area contributed by atoms with Crippen molar-refractivity contribution in [3.63, 3.8) is 0 Å². The van der Waals surface area contributed by atoms with Gasteiger partial charge in [0.2, 0.25) is 0 Å². The molecule has 6 nitrogen and oxygen atoms in total. The lowest BCUT2D eigenvalue weighted by Gasteiger charge is -2.06. The topological polar surface area (TPSA) is 76.2 Å². The molecule has 1 heterocycles. The Bertz CT molecular complexity index is 615. The summed E-state index contributed by atoms with van der Waals surface area (Å²) >= 11 is 5.88. The Balaban J connectivity index is 2.09. The van der Waals surface area contributed by atoms with Gasteiger partial charge in [-0.15, -0.1) is 0 Å². The van der Waals surface area contributed by atoms with Gasteiger partial charge >= 0.3 is 0 Å². The minimum absolute atomic E-state index is 0.199. The summed E-state index contributed by atoms with van der Waals surface area (Å²) in [5.74, 6) is 0.484. The van der Waals surface area contributed by atoms with Crippen molar-refractivity contribution in [2.45, 2.75) is 6.54 Å². The van der Waals surface area contributed by atoms with Crippen molar-refractivity contribution in [1.82, 2.24) is 15.4 Å². The number of benzene rings is 1. The summed E-state index contributed by atoms with van der Waals surface area (Å²) in [6.45, 7) is 1.20. The molecule has 1 aromatic heterocycles. The number of ether oxygens (including phenoxy) is 1. The van der Waals surface area contributed by atoms with E-state index in [1.165, 1.54) is 0 Å². The van der Waals surface area contributed by atoms with Gasteiger partial charge in [0.1, 0.15) is 5.82 Å². The van der Waals surface area contributed by atoms with Crippen LogP contribution < -0.4 is 11.0 Å². The van der Waals surface area contributed by atoms with Crippen molar-refractivity contribution in [3.8, 4) is 0 Å². The van der Waals surface area contributed by atoms with E-state index in [4.69, 9.17) is 21.2 Å². The molecule has 2 rings (SSSR count). The lowest BCUT2D eigenvalue weighted by atomic mass is 10.2. The second-order valence-corrected chi connectivity index (χ2v) is 4.27. The summed E-state index contributed by atoms with van der Waals surface area (Å²) in [6.07, 6.45) is 0. The van der Waals surface area contributed by atoms with Gasteiger partial charge in [-0.3, -0.25) is 9.63 Å². The fourth-order valence-corrected chi connectivity index (χ4v) is 1.73. The zero-order valence-corrected chi connectivity index (χ0v) is 11.2. The van der Waals surface area contributed by atoms with E-state index in [9.17, 15) is 4.79 Å². The number of fused-ring (bicyclic) bond motifs is 1. The third-order valence-corrected chi connectivity index (χ3v) is 2.68. The molecule has 0 unspecified atom stereocenters. The van der Waals surface area contributed by atoms with E-state index < -0.39 is 0 Å². The summed E-state index contributed by atoms with van der Waals surface area (Å²) in [7, 11) is 1.59. The lowest BCUT2D eigenvalue weighted by Crippen LogP contribution is -2.21. The van der Waals surface area contributed by atoms with E-state index >= 15 is 0 Å². The number of hydrogen-bond donors (Lipinski definition) is 2. The summed E-state index contributed by atoms with van der Waals surface area (Å²) in [6, 6.07) is 4.96. The summed E-state index contributed by atoms with van der Waals surface area (Å²) < 4.78 is 4.83. The van der Waals surface area contributed by atoms with Crippen molar-refractivity contribution in [2.24, 2.45) is 0 Å². The van der Waals surface area contributed by atoms with Gasteiger partial charge in [0.05, 0.1) is 30.7 Å². The van der Waals surface area contributed by atoms with E-state index in [2.05, 4.69) is 15.4 Å². The fourth-order valence-electron chi connectivity index (χ4n) is 1.56. The zero-order chi connectivity index (χ0) is 13.7. The molecular formula is C12H14ClN3O3. The number of aromatic amines is 1.